The summed E-state index contributed by atoms with van der Waals surface area (Å²) in [7, 11) is 0. The van der Waals surface area contributed by atoms with Crippen molar-refractivity contribution in [2.24, 2.45) is 0 Å². The molecular weight excluding hydrogens is 104 g/mol. The van der Waals surface area contributed by atoms with Crippen molar-refractivity contribution in [3.63, 3.8) is 0 Å². The van der Waals surface area contributed by atoms with E-state index in [1.807, 2.05) is 0 Å². The maximum absolute atomic E-state index is 4.51. The van der Waals surface area contributed by atoms with Gasteiger partial charge in [0.25, 0.3) is 0 Å². The fraction of sp³-hybridized carbons (Fsp3) is 0.333. The van der Waals surface area contributed by atoms with Crippen LogP contribution >= 0.6 is 0 Å². The molecule has 2 nitrogen and oxygen atoms in total. The predicted molar refractivity (Wildman–Crippen MR) is 31.8 cm³/mol. The first-order valence-electron chi connectivity index (χ1n) is 2.28. The third-order valence-corrected chi connectivity index (χ3v) is 0.326. The van der Waals surface area contributed by atoms with Crippen LogP contribution in [0.25, 0.3) is 0 Å². The third kappa shape index (κ3) is 5.08. The Kier molecular flexibility index (Phi) is 2.77. The van der Waals surface area contributed by atoms with E-state index >= 15 is 0 Å². The monoisotopic (exact) mass is 114 g/mol. The molecule has 0 amide bonds. The van der Waals surface area contributed by atoms with Gasteiger partial charge in [-0.1, -0.05) is 13.2 Å². The minimum atomic E-state index is 0.521. The minimum Gasteiger partial charge on any atom is -0.296 e. The van der Waals surface area contributed by atoms with Crippen molar-refractivity contribution in [3.8, 4) is 0 Å². The van der Waals surface area contributed by atoms with Crippen molar-refractivity contribution in [1.29, 1.82) is 0 Å². The Bertz CT molecular complexity index is 91.1. The molecule has 2 heteroatoms. The van der Waals surface area contributed by atoms with E-state index in [2.05, 4.69) is 22.9 Å². The maximum Gasteiger partial charge on any atom is 0.145 e. The zero-order chi connectivity index (χ0) is 6.57. The van der Waals surface area contributed by atoms with Crippen molar-refractivity contribution >= 4 is 0 Å². The molecule has 0 aromatic rings. The van der Waals surface area contributed by atoms with Gasteiger partial charge in [-0.15, -0.1) is 0 Å². The van der Waals surface area contributed by atoms with Gasteiger partial charge in [-0.05, 0) is 13.8 Å². The molecule has 46 valence electrons. The second kappa shape index (κ2) is 3.13. The quantitative estimate of drug-likeness (QED) is 0.317. The van der Waals surface area contributed by atoms with Crippen LogP contribution in [0.4, 0.5) is 0 Å². The second-order valence-electron chi connectivity index (χ2n) is 1.57. The molecule has 0 radical (unpaired) electrons. The molecule has 0 saturated heterocycles. The van der Waals surface area contributed by atoms with E-state index in [0.29, 0.717) is 11.5 Å². The van der Waals surface area contributed by atoms with Gasteiger partial charge in [-0.3, -0.25) is 9.78 Å². The normalized spacial score (nSPS) is 7.75. The van der Waals surface area contributed by atoms with Crippen molar-refractivity contribution < 1.29 is 9.78 Å². The minimum absolute atomic E-state index is 0.521. The molecule has 0 aromatic heterocycles. The summed E-state index contributed by atoms with van der Waals surface area (Å²) < 4.78 is 0. The van der Waals surface area contributed by atoms with Crippen LogP contribution in [0, 0.1) is 0 Å². The molecule has 0 aliphatic carbocycles. The lowest BCUT2D eigenvalue weighted by atomic mass is 10.7. The van der Waals surface area contributed by atoms with E-state index in [0.717, 1.165) is 0 Å². The number of hydrogen-bond donors (Lipinski definition) is 0. The van der Waals surface area contributed by atoms with Gasteiger partial charge < -0.3 is 0 Å². The SMILES string of the molecule is C=C(C)OOC(=C)C. The van der Waals surface area contributed by atoms with Gasteiger partial charge in [0.05, 0.1) is 0 Å². The largest absolute Gasteiger partial charge is 0.296 e. The lowest BCUT2D eigenvalue weighted by Gasteiger charge is -2.01. The standard InChI is InChI=1S/C6H10O2/c1-5(2)7-8-6(3)4/h1,3H2,2,4H3. The Balaban J connectivity index is 3.18. The van der Waals surface area contributed by atoms with Crippen LogP contribution in [0.2, 0.25) is 0 Å². The molecule has 0 spiro atoms. The smallest absolute Gasteiger partial charge is 0.145 e. The molecule has 0 aliphatic heterocycles. The van der Waals surface area contributed by atoms with Crippen molar-refractivity contribution in [1.82, 2.24) is 0 Å². The highest BCUT2D eigenvalue weighted by Crippen LogP contribution is 1.96. The summed E-state index contributed by atoms with van der Waals surface area (Å²) in [5, 5.41) is 0. The van der Waals surface area contributed by atoms with Crippen LogP contribution in [0.15, 0.2) is 24.7 Å². The van der Waals surface area contributed by atoms with Crippen molar-refractivity contribution in [2.75, 3.05) is 0 Å². The van der Waals surface area contributed by atoms with E-state index < -0.39 is 0 Å². The van der Waals surface area contributed by atoms with Crippen LogP contribution in [-0.2, 0) is 9.78 Å². The molecule has 0 rings (SSSR count). The Morgan fingerprint density at radius 1 is 1.00 bits per heavy atom. The molecule has 0 heterocycles. The number of rotatable bonds is 3. The molecule has 0 bridgehead atoms. The molecule has 8 heavy (non-hydrogen) atoms. The van der Waals surface area contributed by atoms with E-state index in [4.69, 9.17) is 0 Å². The molecular formula is C6H10O2. The van der Waals surface area contributed by atoms with Crippen LogP contribution in [0.1, 0.15) is 13.8 Å². The van der Waals surface area contributed by atoms with Gasteiger partial charge in [-0.2, -0.15) is 0 Å². The van der Waals surface area contributed by atoms with Crippen LogP contribution in [0.5, 0.6) is 0 Å². The van der Waals surface area contributed by atoms with Crippen LogP contribution < -0.4 is 0 Å². The average molecular weight is 114 g/mol. The van der Waals surface area contributed by atoms with Gasteiger partial charge in [-0.25, -0.2) is 0 Å². The zero-order valence-electron chi connectivity index (χ0n) is 5.23. The Morgan fingerprint density at radius 3 is 1.38 bits per heavy atom. The lowest BCUT2D eigenvalue weighted by Crippen LogP contribution is -1.86. The Hall–Kier alpha value is -0.920. The highest BCUT2D eigenvalue weighted by molar-refractivity contribution is 4.75. The van der Waals surface area contributed by atoms with Gasteiger partial charge in [0, 0.05) is 0 Å². The zero-order valence-corrected chi connectivity index (χ0v) is 5.23. The molecule has 0 unspecified atom stereocenters. The van der Waals surface area contributed by atoms with Gasteiger partial charge in [0.1, 0.15) is 11.5 Å². The molecule has 0 saturated carbocycles. The highest BCUT2D eigenvalue weighted by Gasteiger charge is 1.84. The van der Waals surface area contributed by atoms with Crippen LogP contribution in [-0.4, -0.2) is 0 Å². The maximum atomic E-state index is 4.51. The summed E-state index contributed by atoms with van der Waals surface area (Å²) >= 11 is 0. The second-order valence-corrected chi connectivity index (χ2v) is 1.57. The average Bonchev–Trinajstić information content (AvgIpc) is 1.61. The summed E-state index contributed by atoms with van der Waals surface area (Å²) in [6, 6.07) is 0. The lowest BCUT2D eigenvalue weighted by molar-refractivity contribution is -0.223. The Morgan fingerprint density at radius 2 is 1.25 bits per heavy atom. The van der Waals surface area contributed by atoms with Gasteiger partial charge in [0.15, 0.2) is 0 Å². The molecule has 0 atom stereocenters. The Labute approximate surface area is 49.3 Å². The van der Waals surface area contributed by atoms with Crippen LogP contribution in [0.3, 0.4) is 0 Å². The summed E-state index contributed by atoms with van der Waals surface area (Å²) in [5.74, 6) is 1.04. The van der Waals surface area contributed by atoms with Gasteiger partial charge in [0.2, 0.25) is 0 Å². The third-order valence-electron chi connectivity index (χ3n) is 0.326. The molecule has 0 N–H and O–H groups in total. The fourth-order valence-electron chi connectivity index (χ4n) is 0.142. The van der Waals surface area contributed by atoms with E-state index in [-0.39, 0.29) is 0 Å². The van der Waals surface area contributed by atoms with E-state index in [9.17, 15) is 0 Å². The predicted octanol–water partition coefficient (Wildman–Crippen LogP) is 2.00. The first kappa shape index (κ1) is 7.08. The summed E-state index contributed by atoms with van der Waals surface area (Å²) in [6.45, 7) is 10.3. The fourth-order valence-corrected chi connectivity index (χ4v) is 0.142. The summed E-state index contributed by atoms with van der Waals surface area (Å²) in [4.78, 5) is 9.02. The first-order chi connectivity index (χ1) is 3.63. The highest BCUT2D eigenvalue weighted by atomic mass is 17.2. The molecule has 0 aliphatic rings. The van der Waals surface area contributed by atoms with Crippen molar-refractivity contribution in [3.05, 3.63) is 24.7 Å². The number of hydrogen-bond acceptors (Lipinski definition) is 2. The van der Waals surface area contributed by atoms with E-state index in [1.54, 1.807) is 13.8 Å². The number of allylic oxidation sites excluding steroid dienone is 2. The molecule has 0 aromatic carbocycles. The van der Waals surface area contributed by atoms with E-state index in [1.165, 1.54) is 0 Å². The summed E-state index contributed by atoms with van der Waals surface area (Å²) in [6.07, 6.45) is 0. The van der Waals surface area contributed by atoms with Crippen molar-refractivity contribution in [2.45, 2.75) is 13.8 Å². The topological polar surface area (TPSA) is 18.5 Å². The van der Waals surface area contributed by atoms with Gasteiger partial charge >= 0.3 is 0 Å². The molecule has 0 fully saturated rings. The first-order valence-corrected chi connectivity index (χ1v) is 2.28. The summed E-state index contributed by atoms with van der Waals surface area (Å²) in [5.41, 5.74) is 0.